The molecule has 0 saturated heterocycles. The lowest BCUT2D eigenvalue weighted by atomic mass is 10.0. The molecule has 5 heteroatoms. The number of nitrogens with one attached hydrogen (secondary N) is 1. The van der Waals surface area contributed by atoms with E-state index in [4.69, 9.17) is 21.0 Å². The average molecular weight is 381 g/mol. The molecular weight excluding hydrogens is 364 g/mol. The Bertz CT molecular complexity index is 967. The molecule has 26 heavy (non-hydrogen) atoms. The predicted octanol–water partition coefficient (Wildman–Crippen LogP) is 5.94. The van der Waals surface area contributed by atoms with E-state index >= 15 is 0 Å². The van der Waals surface area contributed by atoms with Gasteiger partial charge >= 0.3 is 0 Å². The second-order valence-electron chi connectivity index (χ2n) is 5.86. The van der Waals surface area contributed by atoms with Crippen molar-refractivity contribution in [1.29, 1.82) is 0 Å². The fourth-order valence-electron chi connectivity index (χ4n) is 2.84. The summed E-state index contributed by atoms with van der Waals surface area (Å²) in [5, 5.41) is 7.27. The topological polar surface area (TPSA) is 38.1 Å². The smallest absolute Gasteiger partial charge is 0.125 e. The maximum absolute atomic E-state index is 6.28. The summed E-state index contributed by atoms with van der Waals surface area (Å²) in [6.45, 7) is 0.640. The van der Waals surface area contributed by atoms with Gasteiger partial charge in [-0.15, -0.1) is 11.3 Å². The second kappa shape index (κ2) is 7.87. The molecule has 1 atom stereocenters. The number of nitrogens with zero attached hydrogens (tertiary/aromatic N) is 1. The van der Waals surface area contributed by atoms with Gasteiger partial charge in [-0.2, -0.15) is 0 Å². The Morgan fingerprint density at radius 2 is 1.81 bits per heavy atom. The minimum atomic E-state index is -0.0170. The van der Waals surface area contributed by atoms with E-state index in [-0.39, 0.29) is 6.04 Å². The highest BCUT2D eigenvalue weighted by atomic mass is 35.5. The molecule has 1 N–H and O–H groups in total. The summed E-state index contributed by atoms with van der Waals surface area (Å²) in [5.41, 5.74) is 3.11. The van der Waals surface area contributed by atoms with Crippen LogP contribution < -0.4 is 5.32 Å². The molecule has 0 aliphatic carbocycles. The average Bonchev–Trinajstić information content (AvgIpc) is 3.36. The normalized spacial score (nSPS) is 12.2. The van der Waals surface area contributed by atoms with Crippen molar-refractivity contribution in [3.8, 4) is 10.6 Å². The van der Waals surface area contributed by atoms with E-state index in [0.717, 1.165) is 32.6 Å². The number of furan rings is 1. The highest BCUT2D eigenvalue weighted by molar-refractivity contribution is 7.13. The van der Waals surface area contributed by atoms with Gasteiger partial charge in [0.2, 0.25) is 0 Å². The Hall–Kier alpha value is -2.40. The number of aromatic nitrogens is 1. The molecule has 130 valence electrons. The van der Waals surface area contributed by atoms with Crippen molar-refractivity contribution in [2.75, 3.05) is 0 Å². The van der Waals surface area contributed by atoms with Crippen molar-refractivity contribution >= 4 is 22.9 Å². The molecule has 0 unspecified atom stereocenters. The van der Waals surface area contributed by atoms with Crippen LogP contribution in [0.2, 0.25) is 5.02 Å². The van der Waals surface area contributed by atoms with Gasteiger partial charge in [-0.25, -0.2) is 4.98 Å². The Morgan fingerprint density at radius 1 is 1.00 bits per heavy atom. The minimum Gasteiger partial charge on any atom is -0.467 e. The zero-order chi connectivity index (χ0) is 17.8. The van der Waals surface area contributed by atoms with Crippen LogP contribution in [0.4, 0.5) is 0 Å². The van der Waals surface area contributed by atoms with Crippen LogP contribution in [0.3, 0.4) is 0 Å². The van der Waals surface area contributed by atoms with Crippen LogP contribution in [0.15, 0.2) is 82.8 Å². The Labute approximate surface area is 161 Å². The summed E-state index contributed by atoms with van der Waals surface area (Å²) in [4.78, 5) is 4.73. The zero-order valence-corrected chi connectivity index (χ0v) is 15.5. The lowest BCUT2D eigenvalue weighted by Gasteiger charge is -2.16. The monoisotopic (exact) mass is 380 g/mol. The summed E-state index contributed by atoms with van der Waals surface area (Å²) in [6, 6.07) is 21.9. The van der Waals surface area contributed by atoms with Crippen molar-refractivity contribution in [2.45, 2.75) is 12.6 Å². The lowest BCUT2D eigenvalue weighted by molar-refractivity contribution is 0.444. The van der Waals surface area contributed by atoms with E-state index in [1.165, 1.54) is 0 Å². The molecule has 0 amide bonds. The highest BCUT2D eigenvalue weighted by Crippen LogP contribution is 2.30. The maximum Gasteiger partial charge on any atom is 0.125 e. The van der Waals surface area contributed by atoms with Gasteiger partial charge in [0.15, 0.2) is 0 Å². The molecule has 2 heterocycles. The third-order valence-electron chi connectivity index (χ3n) is 4.10. The molecule has 2 aromatic carbocycles. The first-order valence-corrected chi connectivity index (χ1v) is 9.58. The third-order valence-corrected chi connectivity index (χ3v) is 5.36. The summed E-state index contributed by atoms with van der Waals surface area (Å²) in [7, 11) is 0. The number of thiazole rings is 1. The molecule has 0 bridgehead atoms. The number of hydrogen-bond acceptors (Lipinski definition) is 4. The number of hydrogen-bond donors (Lipinski definition) is 1. The van der Waals surface area contributed by atoms with E-state index in [9.17, 15) is 0 Å². The van der Waals surface area contributed by atoms with Crippen molar-refractivity contribution in [1.82, 2.24) is 10.3 Å². The fourth-order valence-corrected chi connectivity index (χ4v) is 3.98. The van der Waals surface area contributed by atoms with Gasteiger partial charge in [0.05, 0.1) is 23.0 Å². The Morgan fingerprint density at radius 3 is 2.58 bits per heavy atom. The SMILES string of the molecule is Clc1ccccc1-c1nc(CN[C@H](c2ccccc2)c2ccco2)cs1. The largest absolute Gasteiger partial charge is 0.467 e. The molecule has 0 aliphatic rings. The van der Waals surface area contributed by atoms with Crippen molar-refractivity contribution in [3.63, 3.8) is 0 Å². The quantitative estimate of drug-likeness (QED) is 0.450. The van der Waals surface area contributed by atoms with Gasteiger partial charge < -0.3 is 4.42 Å². The molecule has 4 rings (SSSR count). The van der Waals surface area contributed by atoms with E-state index < -0.39 is 0 Å². The zero-order valence-electron chi connectivity index (χ0n) is 13.9. The molecule has 0 aliphatic heterocycles. The first-order valence-electron chi connectivity index (χ1n) is 8.32. The first-order chi connectivity index (χ1) is 12.8. The standard InChI is InChI=1S/C21H17ClN2OS/c22-18-10-5-4-9-17(18)21-24-16(14-26-21)13-23-20(19-11-6-12-25-19)15-7-2-1-3-8-15/h1-12,14,20,23H,13H2/t20-/m1/s1. The van der Waals surface area contributed by atoms with E-state index in [1.807, 2.05) is 54.6 Å². The lowest BCUT2D eigenvalue weighted by Crippen LogP contribution is -2.21. The van der Waals surface area contributed by atoms with Crippen LogP contribution in [-0.4, -0.2) is 4.98 Å². The van der Waals surface area contributed by atoms with Gasteiger partial charge in [-0.3, -0.25) is 5.32 Å². The molecule has 0 saturated carbocycles. The van der Waals surface area contributed by atoms with Gasteiger partial charge in [-0.05, 0) is 23.8 Å². The van der Waals surface area contributed by atoms with E-state index in [1.54, 1.807) is 17.6 Å². The summed E-state index contributed by atoms with van der Waals surface area (Å²) in [5.74, 6) is 0.887. The van der Waals surface area contributed by atoms with Crippen molar-refractivity contribution in [2.24, 2.45) is 0 Å². The second-order valence-corrected chi connectivity index (χ2v) is 7.13. The molecule has 3 nitrogen and oxygen atoms in total. The third kappa shape index (κ3) is 3.73. The van der Waals surface area contributed by atoms with Gasteiger partial charge in [0.25, 0.3) is 0 Å². The summed E-state index contributed by atoms with van der Waals surface area (Å²) in [6.07, 6.45) is 1.70. The Balaban J connectivity index is 1.53. The van der Waals surface area contributed by atoms with Crippen LogP contribution in [-0.2, 0) is 6.54 Å². The van der Waals surface area contributed by atoms with Gasteiger partial charge in [0, 0.05) is 17.5 Å². The van der Waals surface area contributed by atoms with Crippen LogP contribution in [0, 0.1) is 0 Å². The molecule has 0 fully saturated rings. The van der Waals surface area contributed by atoms with Crippen LogP contribution >= 0.6 is 22.9 Å². The van der Waals surface area contributed by atoms with Crippen LogP contribution in [0.5, 0.6) is 0 Å². The first kappa shape index (κ1) is 17.0. The van der Waals surface area contributed by atoms with E-state index in [2.05, 4.69) is 22.8 Å². The minimum absolute atomic E-state index is 0.0170. The van der Waals surface area contributed by atoms with Crippen LogP contribution in [0.1, 0.15) is 23.1 Å². The molecule has 2 aromatic heterocycles. The number of rotatable bonds is 6. The predicted molar refractivity (Wildman–Crippen MR) is 106 cm³/mol. The van der Waals surface area contributed by atoms with Crippen LogP contribution in [0.25, 0.3) is 10.6 Å². The molecule has 4 aromatic rings. The molecular formula is C21H17ClN2OS. The summed E-state index contributed by atoms with van der Waals surface area (Å²) >= 11 is 7.88. The fraction of sp³-hybridized carbons (Fsp3) is 0.0952. The molecule has 0 spiro atoms. The molecule has 0 radical (unpaired) electrons. The number of halogens is 1. The van der Waals surface area contributed by atoms with Gasteiger partial charge in [-0.1, -0.05) is 60.1 Å². The maximum atomic E-state index is 6.28. The summed E-state index contributed by atoms with van der Waals surface area (Å²) < 4.78 is 5.63. The Kier molecular flexibility index (Phi) is 5.16. The highest BCUT2D eigenvalue weighted by Gasteiger charge is 2.17. The van der Waals surface area contributed by atoms with E-state index in [0.29, 0.717) is 6.54 Å². The number of benzene rings is 2. The van der Waals surface area contributed by atoms with Gasteiger partial charge in [0.1, 0.15) is 10.8 Å². The van der Waals surface area contributed by atoms with Crippen molar-refractivity contribution in [3.05, 3.63) is 100 Å². The van der Waals surface area contributed by atoms with Crippen molar-refractivity contribution < 1.29 is 4.42 Å².